The van der Waals surface area contributed by atoms with E-state index >= 15 is 0 Å². The zero-order valence-electron chi connectivity index (χ0n) is 11.2. The van der Waals surface area contributed by atoms with Crippen LogP contribution in [0.3, 0.4) is 0 Å². The zero-order valence-corrected chi connectivity index (χ0v) is 11.2. The number of carbonyl (C=O) groups excluding carboxylic acids is 1. The lowest BCUT2D eigenvalue weighted by Crippen LogP contribution is -2.34. The Kier molecular flexibility index (Phi) is 4.27. The van der Waals surface area contributed by atoms with Crippen LogP contribution in [0.5, 0.6) is 5.75 Å². The Balaban J connectivity index is 2.05. The van der Waals surface area contributed by atoms with E-state index in [2.05, 4.69) is 5.32 Å². The van der Waals surface area contributed by atoms with Gasteiger partial charge in [-0.2, -0.15) is 0 Å². The van der Waals surface area contributed by atoms with E-state index in [4.69, 9.17) is 16.2 Å². The minimum Gasteiger partial charge on any atom is -0.497 e. The number of carbonyl (C=O) groups is 1. The highest BCUT2D eigenvalue weighted by Crippen LogP contribution is 2.28. The van der Waals surface area contributed by atoms with Gasteiger partial charge in [0.1, 0.15) is 5.75 Å². The summed E-state index contributed by atoms with van der Waals surface area (Å²) in [4.78, 5) is 12.2. The number of amides is 1. The molecule has 1 amide bonds. The topological polar surface area (TPSA) is 90.4 Å². The molecular weight excluding hydrogens is 242 g/mol. The minimum atomic E-state index is -0.0191. The predicted molar refractivity (Wildman–Crippen MR) is 76.0 cm³/mol. The van der Waals surface area contributed by atoms with Crippen LogP contribution in [0.1, 0.15) is 25.7 Å². The highest BCUT2D eigenvalue weighted by atomic mass is 16.5. The predicted octanol–water partition coefficient (Wildman–Crippen LogP) is 1.73. The molecule has 19 heavy (non-hydrogen) atoms. The van der Waals surface area contributed by atoms with Crippen LogP contribution in [0.4, 0.5) is 11.4 Å². The van der Waals surface area contributed by atoms with Gasteiger partial charge in [0.15, 0.2) is 0 Å². The molecule has 0 aromatic heterocycles. The van der Waals surface area contributed by atoms with E-state index < -0.39 is 0 Å². The number of rotatable bonds is 3. The smallest absolute Gasteiger partial charge is 0.227 e. The summed E-state index contributed by atoms with van der Waals surface area (Å²) in [6.45, 7) is 0. The molecule has 5 nitrogen and oxygen atoms in total. The Hall–Kier alpha value is -1.75. The van der Waals surface area contributed by atoms with Crippen molar-refractivity contribution in [2.45, 2.75) is 31.7 Å². The fourth-order valence-electron chi connectivity index (χ4n) is 2.47. The van der Waals surface area contributed by atoms with Crippen molar-refractivity contribution in [3.8, 4) is 5.75 Å². The molecule has 0 spiro atoms. The van der Waals surface area contributed by atoms with E-state index in [1.54, 1.807) is 25.3 Å². The summed E-state index contributed by atoms with van der Waals surface area (Å²) >= 11 is 0. The van der Waals surface area contributed by atoms with Crippen molar-refractivity contribution in [3.05, 3.63) is 18.2 Å². The minimum absolute atomic E-state index is 0.00453. The van der Waals surface area contributed by atoms with Crippen LogP contribution >= 0.6 is 0 Å². The van der Waals surface area contributed by atoms with Crippen LogP contribution in [0, 0.1) is 5.92 Å². The molecule has 0 bridgehead atoms. The molecule has 0 radical (unpaired) electrons. The van der Waals surface area contributed by atoms with Crippen molar-refractivity contribution in [2.24, 2.45) is 11.7 Å². The van der Waals surface area contributed by atoms with Crippen LogP contribution in [0.2, 0.25) is 0 Å². The van der Waals surface area contributed by atoms with Crippen LogP contribution in [0.15, 0.2) is 18.2 Å². The van der Waals surface area contributed by atoms with E-state index in [1.807, 2.05) is 0 Å². The van der Waals surface area contributed by atoms with Crippen molar-refractivity contribution in [1.82, 2.24) is 0 Å². The van der Waals surface area contributed by atoms with E-state index in [-0.39, 0.29) is 17.9 Å². The first-order valence-electron chi connectivity index (χ1n) is 6.60. The van der Waals surface area contributed by atoms with Crippen LogP contribution in [-0.4, -0.2) is 19.1 Å². The lowest BCUT2D eigenvalue weighted by molar-refractivity contribution is -0.120. The van der Waals surface area contributed by atoms with Crippen LogP contribution < -0.4 is 21.5 Å². The maximum Gasteiger partial charge on any atom is 0.227 e. The number of nitrogens with two attached hydrogens (primary N) is 2. The van der Waals surface area contributed by atoms with Crippen molar-refractivity contribution >= 4 is 17.3 Å². The van der Waals surface area contributed by atoms with E-state index in [0.29, 0.717) is 17.1 Å². The van der Waals surface area contributed by atoms with Crippen molar-refractivity contribution in [2.75, 3.05) is 18.2 Å². The van der Waals surface area contributed by atoms with Gasteiger partial charge in [0.05, 0.1) is 18.5 Å². The molecule has 0 aliphatic heterocycles. The quantitative estimate of drug-likeness (QED) is 0.724. The standard InChI is InChI=1S/C14H21N3O2/c1-19-11-5-6-12(16)13(8-11)17-14(18)9-3-2-4-10(15)7-9/h5-6,8-10H,2-4,7,15-16H2,1H3,(H,17,18). The summed E-state index contributed by atoms with van der Waals surface area (Å²) in [6.07, 6.45) is 3.65. The number of nitrogens with one attached hydrogen (secondary N) is 1. The Bertz CT molecular complexity index is 462. The lowest BCUT2D eigenvalue weighted by atomic mass is 9.85. The van der Waals surface area contributed by atoms with Crippen LogP contribution in [-0.2, 0) is 4.79 Å². The molecule has 5 N–H and O–H groups in total. The summed E-state index contributed by atoms with van der Waals surface area (Å²) in [5.74, 6) is 0.647. The molecule has 1 aromatic rings. The number of nitrogen functional groups attached to an aromatic ring is 1. The van der Waals surface area contributed by atoms with E-state index in [0.717, 1.165) is 25.7 Å². The summed E-state index contributed by atoms with van der Waals surface area (Å²) in [5, 5.41) is 2.88. The maximum atomic E-state index is 12.2. The fraction of sp³-hybridized carbons (Fsp3) is 0.500. The summed E-state index contributed by atoms with van der Waals surface area (Å²) in [6, 6.07) is 5.35. The SMILES string of the molecule is COc1ccc(N)c(NC(=O)C2CCCC(N)C2)c1. The van der Waals surface area contributed by atoms with Gasteiger partial charge in [-0.1, -0.05) is 6.42 Å². The molecule has 2 rings (SSSR count). The summed E-state index contributed by atoms with van der Waals surface area (Å²) < 4.78 is 5.13. The second-order valence-electron chi connectivity index (χ2n) is 5.07. The first-order chi connectivity index (χ1) is 9.10. The van der Waals surface area contributed by atoms with Gasteiger partial charge in [-0.25, -0.2) is 0 Å². The van der Waals surface area contributed by atoms with Gasteiger partial charge in [-0.15, -0.1) is 0 Å². The lowest BCUT2D eigenvalue weighted by Gasteiger charge is -2.25. The molecule has 1 fully saturated rings. The summed E-state index contributed by atoms with van der Waals surface area (Å²) in [7, 11) is 1.58. The fourth-order valence-corrected chi connectivity index (χ4v) is 2.47. The monoisotopic (exact) mass is 263 g/mol. The first-order valence-corrected chi connectivity index (χ1v) is 6.60. The van der Waals surface area contributed by atoms with Crippen LogP contribution in [0.25, 0.3) is 0 Å². The Morgan fingerprint density at radius 1 is 1.42 bits per heavy atom. The average molecular weight is 263 g/mol. The molecule has 5 heteroatoms. The molecule has 0 heterocycles. The molecule has 0 saturated heterocycles. The van der Waals surface area contributed by atoms with Crippen molar-refractivity contribution in [3.63, 3.8) is 0 Å². The maximum absolute atomic E-state index is 12.2. The molecule has 1 saturated carbocycles. The molecule has 1 aromatic carbocycles. The molecule has 1 aliphatic rings. The molecular formula is C14H21N3O2. The second-order valence-corrected chi connectivity index (χ2v) is 5.07. The number of anilines is 2. The third-order valence-electron chi connectivity index (χ3n) is 3.60. The molecule has 104 valence electrons. The van der Waals surface area contributed by atoms with Crippen molar-refractivity contribution < 1.29 is 9.53 Å². The average Bonchev–Trinajstić information content (AvgIpc) is 2.41. The van der Waals surface area contributed by atoms with Gasteiger partial charge in [0, 0.05) is 18.0 Å². The largest absolute Gasteiger partial charge is 0.497 e. The third-order valence-corrected chi connectivity index (χ3v) is 3.60. The number of benzene rings is 1. The number of methoxy groups -OCH3 is 1. The number of ether oxygens (including phenoxy) is 1. The third kappa shape index (κ3) is 3.38. The first kappa shape index (κ1) is 13.7. The second kappa shape index (κ2) is 5.93. The van der Waals surface area contributed by atoms with Gasteiger partial charge in [0.2, 0.25) is 5.91 Å². The van der Waals surface area contributed by atoms with Gasteiger partial charge < -0.3 is 21.5 Å². The van der Waals surface area contributed by atoms with E-state index in [1.165, 1.54) is 0 Å². The Morgan fingerprint density at radius 2 is 2.21 bits per heavy atom. The van der Waals surface area contributed by atoms with E-state index in [9.17, 15) is 4.79 Å². The van der Waals surface area contributed by atoms with Gasteiger partial charge in [-0.05, 0) is 31.4 Å². The summed E-state index contributed by atoms with van der Waals surface area (Å²) in [5.41, 5.74) is 12.9. The molecule has 2 atom stereocenters. The Morgan fingerprint density at radius 3 is 2.89 bits per heavy atom. The normalized spacial score (nSPS) is 22.8. The Labute approximate surface area is 113 Å². The number of hydrogen-bond acceptors (Lipinski definition) is 4. The highest BCUT2D eigenvalue weighted by Gasteiger charge is 2.25. The number of hydrogen-bond donors (Lipinski definition) is 3. The van der Waals surface area contributed by atoms with Gasteiger partial charge in [0.25, 0.3) is 0 Å². The highest BCUT2D eigenvalue weighted by molar-refractivity contribution is 5.95. The molecule has 1 aliphatic carbocycles. The van der Waals surface area contributed by atoms with Gasteiger partial charge >= 0.3 is 0 Å². The van der Waals surface area contributed by atoms with Crippen molar-refractivity contribution in [1.29, 1.82) is 0 Å². The van der Waals surface area contributed by atoms with Gasteiger partial charge in [-0.3, -0.25) is 4.79 Å². The zero-order chi connectivity index (χ0) is 13.8. The molecule has 2 unspecified atom stereocenters.